The molecule has 1 aromatic heterocycles. The molecule has 1 aliphatic carbocycles. The lowest BCUT2D eigenvalue weighted by molar-refractivity contribution is 0.0292. The van der Waals surface area contributed by atoms with Gasteiger partial charge in [-0.3, -0.25) is 0 Å². The summed E-state index contributed by atoms with van der Waals surface area (Å²) in [6.45, 7) is 6.88. The molecule has 2 aromatic rings. The van der Waals surface area contributed by atoms with Crippen molar-refractivity contribution >= 4 is 28.8 Å². The van der Waals surface area contributed by atoms with Crippen LogP contribution in [-0.4, -0.2) is 28.2 Å². The van der Waals surface area contributed by atoms with Gasteiger partial charge in [-0.05, 0) is 36.5 Å². The van der Waals surface area contributed by atoms with Crippen molar-refractivity contribution in [3.8, 4) is 11.9 Å². The standard InChI is InChI=1S/C22H27ClN4O2S/c1-21(2,3)18-12-27(13-22(28)9-5-6-10-22)20(30-18)26-19(25-14-24)16-11-15(23)7-8-17(16)29-4/h7-8,11-12,28H,5-6,9-10,13H2,1-4H3. The number of nitrogens with zero attached hydrogens (tertiary/aromatic N) is 4. The summed E-state index contributed by atoms with van der Waals surface area (Å²) in [5, 5.41) is 20.7. The minimum atomic E-state index is -0.731. The number of benzene rings is 1. The van der Waals surface area contributed by atoms with Gasteiger partial charge in [-0.25, -0.2) is 0 Å². The third-order valence-electron chi connectivity index (χ3n) is 5.22. The number of aromatic nitrogens is 1. The fourth-order valence-corrected chi connectivity index (χ4v) is 4.80. The van der Waals surface area contributed by atoms with Crippen molar-refractivity contribution in [3.05, 3.63) is 44.7 Å². The van der Waals surface area contributed by atoms with Crippen LogP contribution in [0.5, 0.6) is 5.75 Å². The lowest BCUT2D eigenvalue weighted by Crippen LogP contribution is -2.34. The van der Waals surface area contributed by atoms with Crippen LogP contribution in [0.3, 0.4) is 0 Å². The summed E-state index contributed by atoms with van der Waals surface area (Å²) in [5.74, 6) is 0.761. The Bertz CT molecular complexity index is 1050. The summed E-state index contributed by atoms with van der Waals surface area (Å²) in [6.07, 6.45) is 7.51. The summed E-state index contributed by atoms with van der Waals surface area (Å²) >= 11 is 7.71. The average Bonchev–Trinajstić information content (AvgIpc) is 3.28. The Labute approximate surface area is 186 Å². The summed E-state index contributed by atoms with van der Waals surface area (Å²) < 4.78 is 7.41. The van der Waals surface area contributed by atoms with Gasteiger partial charge in [0.2, 0.25) is 6.19 Å². The normalized spacial score (nSPS) is 17.2. The Hall–Kier alpha value is -2.14. The van der Waals surface area contributed by atoms with Gasteiger partial charge >= 0.3 is 0 Å². The summed E-state index contributed by atoms with van der Waals surface area (Å²) in [4.78, 5) is 10.5. The fourth-order valence-electron chi connectivity index (χ4n) is 3.57. The van der Waals surface area contributed by atoms with Gasteiger partial charge in [0.15, 0.2) is 10.6 Å². The molecule has 1 heterocycles. The van der Waals surface area contributed by atoms with Crippen LogP contribution in [0.15, 0.2) is 34.4 Å². The highest BCUT2D eigenvalue weighted by Crippen LogP contribution is 2.32. The van der Waals surface area contributed by atoms with Gasteiger partial charge in [0.05, 0.1) is 24.8 Å². The van der Waals surface area contributed by atoms with E-state index in [2.05, 4.69) is 32.0 Å². The molecule has 1 fully saturated rings. The second kappa shape index (κ2) is 8.93. The predicted molar refractivity (Wildman–Crippen MR) is 120 cm³/mol. The van der Waals surface area contributed by atoms with Crippen LogP contribution < -0.4 is 9.54 Å². The zero-order chi connectivity index (χ0) is 21.9. The molecule has 30 heavy (non-hydrogen) atoms. The molecular weight excluding hydrogens is 420 g/mol. The van der Waals surface area contributed by atoms with E-state index in [1.54, 1.807) is 25.3 Å². The van der Waals surface area contributed by atoms with Gasteiger partial charge in [0, 0.05) is 16.1 Å². The molecule has 0 saturated heterocycles. The first kappa shape index (κ1) is 22.5. The molecule has 3 rings (SSSR count). The summed E-state index contributed by atoms with van der Waals surface area (Å²) in [5.41, 5.74) is -0.257. The number of rotatable bonds is 4. The van der Waals surface area contributed by atoms with Crippen molar-refractivity contribution in [2.24, 2.45) is 9.98 Å². The minimum Gasteiger partial charge on any atom is -0.496 e. The molecule has 0 spiro atoms. The van der Waals surface area contributed by atoms with E-state index in [4.69, 9.17) is 21.3 Å². The van der Waals surface area contributed by atoms with Crippen molar-refractivity contribution in [2.75, 3.05) is 7.11 Å². The summed E-state index contributed by atoms with van der Waals surface area (Å²) in [7, 11) is 1.55. The quantitative estimate of drug-likeness (QED) is 0.421. The Morgan fingerprint density at radius 2 is 2.07 bits per heavy atom. The number of amidine groups is 1. The van der Waals surface area contributed by atoms with Gasteiger partial charge in [0.25, 0.3) is 0 Å². The zero-order valence-corrected chi connectivity index (χ0v) is 19.3. The van der Waals surface area contributed by atoms with E-state index in [1.807, 2.05) is 10.8 Å². The lowest BCUT2D eigenvalue weighted by atomic mass is 9.95. The number of ether oxygens (including phenoxy) is 1. The molecule has 0 bridgehead atoms. The first-order chi connectivity index (χ1) is 14.1. The number of hydrogen-bond donors (Lipinski definition) is 1. The maximum atomic E-state index is 11.0. The third kappa shape index (κ3) is 5.12. The highest BCUT2D eigenvalue weighted by Gasteiger charge is 2.32. The van der Waals surface area contributed by atoms with E-state index in [1.165, 1.54) is 11.3 Å². The highest BCUT2D eigenvalue weighted by molar-refractivity contribution is 7.09. The Balaban J connectivity index is 2.16. The predicted octanol–water partition coefficient (Wildman–Crippen LogP) is 4.64. The molecule has 0 amide bonds. The molecule has 160 valence electrons. The Morgan fingerprint density at radius 1 is 1.37 bits per heavy atom. The number of methoxy groups -OCH3 is 1. The second-order valence-electron chi connectivity index (χ2n) is 8.68. The number of aliphatic imine (C=N–C) groups is 1. The average molecular weight is 447 g/mol. The first-order valence-corrected chi connectivity index (χ1v) is 11.1. The van der Waals surface area contributed by atoms with Crippen molar-refractivity contribution in [1.29, 1.82) is 5.26 Å². The van der Waals surface area contributed by atoms with Crippen LogP contribution in [-0.2, 0) is 12.0 Å². The van der Waals surface area contributed by atoms with Crippen LogP contribution in [0, 0.1) is 11.5 Å². The lowest BCUT2D eigenvalue weighted by Gasteiger charge is -2.22. The van der Waals surface area contributed by atoms with E-state index in [-0.39, 0.29) is 11.3 Å². The number of hydrogen-bond acceptors (Lipinski definition) is 5. The van der Waals surface area contributed by atoms with Crippen molar-refractivity contribution in [2.45, 2.75) is 64.0 Å². The van der Waals surface area contributed by atoms with E-state index >= 15 is 0 Å². The van der Waals surface area contributed by atoms with Gasteiger partial charge in [0.1, 0.15) is 5.75 Å². The molecule has 6 nitrogen and oxygen atoms in total. The van der Waals surface area contributed by atoms with E-state index in [0.29, 0.717) is 27.7 Å². The molecule has 1 aliphatic rings. The molecule has 1 saturated carbocycles. The molecule has 0 radical (unpaired) electrons. The molecular formula is C22H27ClN4O2S. The van der Waals surface area contributed by atoms with Crippen LogP contribution in [0.2, 0.25) is 5.02 Å². The van der Waals surface area contributed by atoms with Gasteiger partial charge < -0.3 is 14.4 Å². The topological polar surface area (TPSA) is 82.9 Å². The highest BCUT2D eigenvalue weighted by atomic mass is 35.5. The molecule has 0 aliphatic heterocycles. The van der Waals surface area contributed by atoms with Gasteiger partial charge in [-0.1, -0.05) is 45.2 Å². The van der Waals surface area contributed by atoms with Crippen LogP contribution in [0.1, 0.15) is 56.9 Å². The smallest absolute Gasteiger partial charge is 0.207 e. The van der Waals surface area contributed by atoms with E-state index in [0.717, 1.165) is 30.6 Å². The zero-order valence-electron chi connectivity index (χ0n) is 17.8. The Kier molecular flexibility index (Phi) is 6.71. The molecule has 1 N–H and O–H groups in total. The maximum Gasteiger partial charge on any atom is 0.207 e. The molecule has 0 atom stereocenters. The van der Waals surface area contributed by atoms with Crippen LogP contribution >= 0.6 is 22.9 Å². The van der Waals surface area contributed by atoms with Gasteiger partial charge in [-0.2, -0.15) is 15.2 Å². The maximum absolute atomic E-state index is 11.0. The number of thiazole rings is 1. The number of aliphatic hydroxyl groups is 1. The third-order valence-corrected chi connectivity index (χ3v) is 6.90. The summed E-state index contributed by atoms with van der Waals surface area (Å²) in [6, 6.07) is 5.13. The first-order valence-electron chi connectivity index (χ1n) is 9.94. The molecule has 0 unspecified atom stereocenters. The number of nitriles is 1. The molecule has 8 heteroatoms. The number of halogens is 1. The van der Waals surface area contributed by atoms with Gasteiger partial charge in [-0.15, -0.1) is 11.3 Å². The Morgan fingerprint density at radius 3 is 2.67 bits per heavy atom. The van der Waals surface area contributed by atoms with Crippen molar-refractivity contribution in [3.63, 3.8) is 0 Å². The monoisotopic (exact) mass is 446 g/mol. The largest absolute Gasteiger partial charge is 0.496 e. The molecule has 1 aromatic carbocycles. The van der Waals surface area contributed by atoms with Crippen molar-refractivity contribution in [1.82, 2.24) is 4.57 Å². The SMILES string of the molecule is COc1ccc(Cl)cc1C(=NC#N)N=c1sc(C(C)(C)C)cn1CC1(O)CCCC1. The van der Waals surface area contributed by atoms with E-state index in [9.17, 15) is 10.4 Å². The van der Waals surface area contributed by atoms with Crippen LogP contribution in [0.4, 0.5) is 0 Å². The van der Waals surface area contributed by atoms with E-state index < -0.39 is 5.60 Å². The van der Waals surface area contributed by atoms with Crippen molar-refractivity contribution < 1.29 is 9.84 Å². The fraction of sp³-hybridized carbons (Fsp3) is 0.500. The second-order valence-corrected chi connectivity index (χ2v) is 10.1. The minimum absolute atomic E-state index is 0.0707. The van der Waals surface area contributed by atoms with Crippen LogP contribution in [0.25, 0.3) is 0 Å².